The monoisotopic (exact) mass is 200 g/mol. The third-order valence-electron chi connectivity index (χ3n) is 1.45. The summed E-state index contributed by atoms with van der Waals surface area (Å²) in [6.07, 6.45) is 0. The molecular formula is C10H20N2O2. The predicted octanol–water partition coefficient (Wildman–Crippen LogP) is 0.305. The molecule has 0 aliphatic carbocycles. The van der Waals surface area contributed by atoms with E-state index in [1.54, 1.807) is 0 Å². The van der Waals surface area contributed by atoms with Crippen LogP contribution in [0.15, 0.2) is 12.2 Å². The van der Waals surface area contributed by atoms with Crippen molar-refractivity contribution in [3.05, 3.63) is 12.2 Å². The standard InChI is InChI=1S/C10H20N2O2/c1-4-11-7-10(13)12-5-6-14-8-9(2)3/h11H,2,4-8H2,1,3H3,(H,12,13). The number of hydrogen-bond acceptors (Lipinski definition) is 3. The number of ether oxygens (including phenoxy) is 1. The molecule has 0 aliphatic rings. The molecule has 0 saturated carbocycles. The van der Waals surface area contributed by atoms with Crippen LogP contribution in [-0.4, -0.2) is 38.8 Å². The predicted molar refractivity (Wildman–Crippen MR) is 57.2 cm³/mol. The maximum atomic E-state index is 11.1. The fraction of sp³-hybridized carbons (Fsp3) is 0.700. The zero-order chi connectivity index (χ0) is 10.8. The van der Waals surface area contributed by atoms with E-state index in [9.17, 15) is 4.79 Å². The van der Waals surface area contributed by atoms with Gasteiger partial charge < -0.3 is 15.4 Å². The van der Waals surface area contributed by atoms with Gasteiger partial charge in [0.1, 0.15) is 0 Å². The SMILES string of the molecule is C=C(C)COCCNC(=O)CNCC. The molecule has 1 amide bonds. The largest absolute Gasteiger partial charge is 0.375 e. The van der Waals surface area contributed by atoms with Gasteiger partial charge in [-0.2, -0.15) is 0 Å². The van der Waals surface area contributed by atoms with E-state index < -0.39 is 0 Å². The Balaban J connectivity index is 3.19. The lowest BCUT2D eigenvalue weighted by molar-refractivity contribution is -0.120. The average molecular weight is 200 g/mol. The number of hydrogen-bond donors (Lipinski definition) is 2. The molecule has 0 unspecified atom stereocenters. The number of rotatable bonds is 8. The van der Waals surface area contributed by atoms with Gasteiger partial charge in [0.2, 0.25) is 5.91 Å². The Labute approximate surface area is 85.7 Å². The number of amides is 1. The highest BCUT2D eigenvalue weighted by Crippen LogP contribution is 1.86. The van der Waals surface area contributed by atoms with Gasteiger partial charge in [-0.1, -0.05) is 19.1 Å². The second-order valence-corrected chi connectivity index (χ2v) is 3.14. The van der Waals surface area contributed by atoms with Crippen molar-refractivity contribution in [2.24, 2.45) is 0 Å². The lowest BCUT2D eigenvalue weighted by Crippen LogP contribution is -2.35. The summed E-state index contributed by atoms with van der Waals surface area (Å²) in [5.74, 6) is 0.00535. The van der Waals surface area contributed by atoms with Gasteiger partial charge in [-0.05, 0) is 13.5 Å². The molecule has 0 heterocycles. The minimum Gasteiger partial charge on any atom is -0.375 e. The van der Waals surface area contributed by atoms with Crippen molar-refractivity contribution in [1.29, 1.82) is 0 Å². The van der Waals surface area contributed by atoms with E-state index in [2.05, 4.69) is 17.2 Å². The van der Waals surface area contributed by atoms with Gasteiger partial charge in [0.15, 0.2) is 0 Å². The third-order valence-corrected chi connectivity index (χ3v) is 1.45. The fourth-order valence-electron chi connectivity index (χ4n) is 0.810. The highest BCUT2D eigenvalue weighted by Gasteiger charge is 1.97. The number of carbonyl (C=O) groups excluding carboxylic acids is 1. The van der Waals surface area contributed by atoms with Crippen LogP contribution in [0.25, 0.3) is 0 Å². The summed E-state index contributed by atoms with van der Waals surface area (Å²) in [5.41, 5.74) is 0.990. The first kappa shape index (κ1) is 13.1. The van der Waals surface area contributed by atoms with Crippen molar-refractivity contribution in [2.75, 3.05) is 32.8 Å². The zero-order valence-electron chi connectivity index (χ0n) is 9.06. The Morgan fingerprint density at radius 2 is 2.21 bits per heavy atom. The molecule has 0 fully saturated rings. The van der Waals surface area contributed by atoms with E-state index in [0.29, 0.717) is 26.3 Å². The Morgan fingerprint density at radius 1 is 1.50 bits per heavy atom. The molecule has 0 spiro atoms. The molecular weight excluding hydrogens is 180 g/mol. The van der Waals surface area contributed by atoms with Crippen LogP contribution in [0, 0.1) is 0 Å². The summed E-state index contributed by atoms with van der Waals surface area (Å²) in [5, 5.41) is 5.68. The van der Waals surface area contributed by atoms with Crippen LogP contribution in [0.3, 0.4) is 0 Å². The highest BCUT2D eigenvalue weighted by atomic mass is 16.5. The van der Waals surface area contributed by atoms with Crippen molar-refractivity contribution < 1.29 is 9.53 Å². The number of nitrogens with one attached hydrogen (secondary N) is 2. The Kier molecular flexibility index (Phi) is 8.17. The third kappa shape index (κ3) is 9.22. The topological polar surface area (TPSA) is 50.4 Å². The van der Waals surface area contributed by atoms with Gasteiger partial charge >= 0.3 is 0 Å². The highest BCUT2D eigenvalue weighted by molar-refractivity contribution is 5.77. The molecule has 0 atom stereocenters. The Bertz CT molecular complexity index is 181. The summed E-state index contributed by atoms with van der Waals surface area (Å²) in [4.78, 5) is 11.1. The zero-order valence-corrected chi connectivity index (χ0v) is 9.06. The Morgan fingerprint density at radius 3 is 2.79 bits per heavy atom. The van der Waals surface area contributed by atoms with E-state index >= 15 is 0 Å². The first-order valence-electron chi connectivity index (χ1n) is 4.86. The molecule has 0 aromatic carbocycles. The Hall–Kier alpha value is -0.870. The van der Waals surface area contributed by atoms with Gasteiger partial charge in [0.25, 0.3) is 0 Å². The van der Waals surface area contributed by atoms with Crippen LogP contribution in [-0.2, 0) is 9.53 Å². The van der Waals surface area contributed by atoms with Crippen LogP contribution in [0.1, 0.15) is 13.8 Å². The van der Waals surface area contributed by atoms with Gasteiger partial charge in [-0.3, -0.25) is 4.79 Å². The van der Waals surface area contributed by atoms with Crippen LogP contribution >= 0.6 is 0 Å². The molecule has 14 heavy (non-hydrogen) atoms. The second-order valence-electron chi connectivity index (χ2n) is 3.14. The molecule has 4 heteroatoms. The fourth-order valence-corrected chi connectivity index (χ4v) is 0.810. The summed E-state index contributed by atoms with van der Waals surface area (Å²) in [7, 11) is 0. The summed E-state index contributed by atoms with van der Waals surface area (Å²) >= 11 is 0. The van der Waals surface area contributed by atoms with E-state index in [0.717, 1.165) is 12.1 Å². The van der Waals surface area contributed by atoms with E-state index in [-0.39, 0.29) is 5.91 Å². The first-order chi connectivity index (χ1) is 6.66. The van der Waals surface area contributed by atoms with Gasteiger partial charge in [-0.25, -0.2) is 0 Å². The maximum absolute atomic E-state index is 11.1. The van der Waals surface area contributed by atoms with Crippen LogP contribution in [0.5, 0.6) is 0 Å². The first-order valence-corrected chi connectivity index (χ1v) is 4.86. The van der Waals surface area contributed by atoms with Crippen molar-refractivity contribution in [3.8, 4) is 0 Å². The van der Waals surface area contributed by atoms with E-state index in [1.807, 2.05) is 13.8 Å². The summed E-state index contributed by atoms with van der Waals surface area (Å²) < 4.78 is 5.22. The molecule has 4 nitrogen and oxygen atoms in total. The van der Waals surface area contributed by atoms with E-state index in [4.69, 9.17) is 4.74 Å². The molecule has 2 N–H and O–H groups in total. The van der Waals surface area contributed by atoms with E-state index in [1.165, 1.54) is 0 Å². The average Bonchev–Trinajstić information content (AvgIpc) is 2.13. The molecule has 0 rings (SSSR count). The molecule has 0 aliphatic heterocycles. The molecule has 0 saturated heterocycles. The number of likely N-dealkylation sites (N-methyl/N-ethyl adjacent to an activating group) is 1. The minimum absolute atomic E-state index is 0.00535. The van der Waals surface area contributed by atoms with Crippen molar-refractivity contribution in [3.63, 3.8) is 0 Å². The molecule has 0 aromatic rings. The molecule has 82 valence electrons. The lowest BCUT2D eigenvalue weighted by Gasteiger charge is -2.06. The second kappa shape index (κ2) is 8.72. The smallest absolute Gasteiger partial charge is 0.234 e. The molecule has 0 radical (unpaired) electrons. The quantitative estimate of drug-likeness (QED) is 0.438. The summed E-state index contributed by atoms with van der Waals surface area (Å²) in [6, 6.07) is 0. The summed E-state index contributed by atoms with van der Waals surface area (Å²) in [6.45, 7) is 10.4. The molecule has 0 aromatic heterocycles. The van der Waals surface area contributed by atoms with Crippen LogP contribution < -0.4 is 10.6 Å². The van der Waals surface area contributed by atoms with Crippen LogP contribution in [0.2, 0.25) is 0 Å². The van der Waals surface area contributed by atoms with Gasteiger partial charge in [0.05, 0.1) is 19.8 Å². The lowest BCUT2D eigenvalue weighted by atomic mass is 10.4. The molecule has 0 bridgehead atoms. The van der Waals surface area contributed by atoms with Gasteiger partial charge in [0, 0.05) is 6.54 Å². The van der Waals surface area contributed by atoms with Crippen LogP contribution in [0.4, 0.5) is 0 Å². The van der Waals surface area contributed by atoms with Crippen molar-refractivity contribution in [1.82, 2.24) is 10.6 Å². The van der Waals surface area contributed by atoms with Gasteiger partial charge in [-0.15, -0.1) is 0 Å². The minimum atomic E-state index is 0.00535. The number of carbonyl (C=O) groups is 1. The maximum Gasteiger partial charge on any atom is 0.234 e. The van der Waals surface area contributed by atoms with Crippen molar-refractivity contribution >= 4 is 5.91 Å². The van der Waals surface area contributed by atoms with Crippen molar-refractivity contribution in [2.45, 2.75) is 13.8 Å². The normalized spacial score (nSPS) is 9.86.